The van der Waals surface area contributed by atoms with Gasteiger partial charge in [-0.1, -0.05) is 30.7 Å². The highest BCUT2D eigenvalue weighted by Crippen LogP contribution is 2.32. The number of rotatable bonds is 4. The van der Waals surface area contributed by atoms with Crippen molar-refractivity contribution in [3.05, 3.63) is 40.4 Å². The van der Waals surface area contributed by atoms with Gasteiger partial charge in [0.15, 0.2) is 0 Å². The molecule has 1 aliphatic heterocycles. The molecule has 1 aliphatic rings. The Morgan fingerprint density at radius 3 is 3.00 bits per heavy atom. The Kier molecular flexibility index (Phi) is 4.27. The van der Waals surface area contributed by atoms with E-state index in [1.165, 1.54) is 10.4 Å². The number of aryl methyl sites for hydroxylation is 1. The van der Waals surface area contributed by atoms with Crippen molar-refractivity contribution >= 4 is 17.3 Å². The highest BCUT2D eigenvalue weighted by Gasteiger charge is 2.29. The van der Waals surface area contributed by atoms with Crippen molar-refractivity contribution in [3.63, 3.8) is 0 Å². The Balaban J connectivity index is 1.85. The number of thiazole rings is 1. The van der Waals surface area contributed by atoms with Crippen molar-refractivity contribution in [1.29, 1.82) is 0 Å². The monoisotopic (exact) mass is 316 g/mol. The summed E-state index contributed by atoms with van der Waals surface area (Å²) in [4.78, 5) is 19.4. The summed E-state index contributed by atoms with van der Waals surface area (Å²) in [5.74, 6) is -0.727. The molecule has 2 aromatic rings. The normalized spacial score (nSPS) is 16.3. The average Bonchev–Trinajstić information content (AvgIpc) is 2.91. The minimum atomic E-state index is -0.727. The van der Waals surface area contributed by atoms with E-state index in [2.05, 4.69) is 36.1 Å². The molecule has 5 heteroatoms. The molecule has 3 rings (SSSR count). The van der Waals surface area contributed by atoms with Crippen LogP contribution in [0.3, 0.4) is 0 Å². The van der Waals surface area contributed by atoms with Gasteiger partial charge in [-0.2, -0.15) is 0 Å². The van der Waals surface area contributed by atoms with Crippen LogP contribution in [-0.4, -0.2) is 33.5 Å². The minimum Gasteiger partial charge on any atom is -0.480 e. The molecular weight excluding hydrogens is 296 g/mol. The molecule has 1 aromatic heterocycles. The summed E-state index contributed by atoms with van der Waals surface area (Å²) in [6, 6.07) is 7.97. The van der Waals surface area contributed by atoms with E-state index in [4.69, 9.17) is 4.98 Å². The van der Waals surface area contributed by atoms with E-state index in [0.717, 1.165) is 29.2 Å². The molecule has 0 spiro atoms. The second kappa shape index (κ2) is 6.18. The lowest BCUT2D eigenvalue weighted by molar-refractivity contribution is -0.143. The smallest absolute Gasteiger partial charge is 0.320 e. The maximum Gasteiger partial charge on any atom is 0.320 e. The number of carboxylic acids is 1. The first-order valence-electron chi connectivity index (χ1n) is 7.61. The van der Waals surface area contributed by atoms with Crippen molar-refractivity contribution in [1.82, 2.24) is 9.88 Å². The van der Waals surface area contributed by atoms with Crippen LogP contribution in [0, 0.1) is 6.92 Å². The Labute approximate surface area is 134 Å². The summed E-state index contributed by atoms with van der Waals surface area (Å²) in [5, 5.41) is 10.4. The zero-order chi connectivity index (χ0) is 15.7. The summed E-state index contributed by atoms with van der Waals surface area (Å²) >= 11 is 1.69. The molecule has 2 heterocycles. The molecule has 1 aromatic carbocycles. The fourth-order valence-electron chi connectivity index (χ4n) is 2.97. The quantitative estimate of drug-likeness (QED) is 0.940. The van der Waals surface area contributed by atoms with Gasteiger partial charge < -0.3 is 5.11 Å². The zero-order valence-electron chi connectivity index (χ0n) is 12.9. The van der Waals surface area contributed by atoms with Crippen LogP contribution in [0.4, 0.5) is 0 Å². The van der Waals surface area contributed by atoms with Crippen molar-refractivity contribution < 1.29 is 9.90 Å². The van der Waals surface area contributed by atoms with Gasteiger partial charge in [-0.25, -0.2) is 4.98 Å². The highest BCUT2D eigenvalue weighted by atomic mass is 32.1. The molecule has 116 valence electrons. The van der Waals surface area contributed by atoms with E-state index in [-0.39, 0.29) is 0 Å². The van der Waals surface area contributed by atoms with Crippen molar-refractivity contribution in [3.8, 4) is 10.6 Å². The van der Waals surface area contributed by atoms with Crippen LogP contribution in [-0.2, 0) is 17.8 Å². The molecule has 0 radical (unpaired) electrons. The van der Waals surface area contributed by atoms with Crippen LogP contribution in [0.5, 0.6) is 0 Å². The molecule has 0 fully saturated rings. The van der Waals surface area contributed by atoms with Crippen molar-refractivity contribution in [2.75, 3.05) is 6.54 Å². The second-order valence-corrected chi connectivity index (χ2v) is 6.82. The third kappa shape index (κ3) is 2.91. The number of aliphatic carboxylic acids is 1. The molecule has 4 nitrogen and oxygen atoms in total. The van der Waals surface area contributed by atoms with Gasteiger partial charge in [0.1, 0.15) is 11.0 Å². The summed E-state index contributed by atoms with van der Waals surface area (Å²) in [7, 11) is 0. The van der Waals surface area contributed by atoms with Crippen LogP contribution in [0.2, 0.25) is 0 Å². The third-order valence-corrected chi connectivity index (χ3v) is 5.27. The number of fused-ring (bicyclic) bond motifs is 1. The number of carboxylic acid groups (broad SMARTS) is 1. The van der Waals surface area contributed by atoms with E-state index >= 15 is 0 Å². The molecule has 0 saturated heterocycles. The molecule has 0 amide bonds. The fourth-order valence-corrected chi connectivity index (χ4v) is 4.10. The van der Waals surface area contributed by atoms with Gasteiger partial charge in [-0.05, 0) is 19.4 Å². The number of benzene rings is 1. The van der Waals surface area contributed by atoms with E-state index in [9.17, 15) is 9.90 Å². The van der Waals surface area contributed by atoms with Gasteiger partial charge in [0.2, 0.25) is 0 Å². The van der Waals surface area contributed by atoms with Crippen LogP contribution in [0.15, 0.2) is 24.3 Å². The van der Waals surface area contributed by atoms with Crippen molar-refractivity contribution in [2.45, 2.75) is 39.3 Å². The lowest BCUT2D eigenvalue weighted by Crippen LogP contribution is -2.43. The van der Waals surface area contributed by atoms with Gasteiger partial charge in [-0.3, -0.25) is 9.69 Å². The number of hydrogen-bond acceptors (Lipinski definition) is 4. The summed E-state index contributed by atoms with van der Waals surface area (Å²) in [5.41, 5.74) is 3.51. The average molecular weight is 316 g/mol. The van der Waals surface area contributed by atoms with Gasteiger partial charge in [0.25, 0.3) is 0 Å². The van der Waals surface area contributed by atoms with Crippen molar-refractivity contribution in [2.24, 2.45) is 0 Å². The first kappa shape index (κ1) is 15.2. The Morgan fingerprint density at radius 2 is 2.32 bits per heavy atom. The number of carbonyl (C=O) groups is 1. The van der Waals surface area contributed by atoms with Gasteiger partial charge >= 0.3 is 5.97 Å². The molecule has 1 N–H and O–H groups in total. The topological polar surface area (TPSA) is 53.4 Å². The lowest BCUT2D eigenvalue weighted by Gasteiger charge is -2.30. The molecule has 0 aliphatic carbocycles. The molecule has 22 heavy (non-hydrogen) atoms. The maximum atomic E-state index is 11.4. The molecular formula is C17H20N2O2S. The SMILES string of the molecule is CCC(C(=O)O)N1CCc2nc(-c3cccc(C)c3)sc2C1. The molecule has 1 unspecified atom stereocenters. The first-order valence-corrected chi connectivity index (χ1v) is 8.42. The molecule has 1 atom stereocenters. The summed E-state index contributed by atoms with van der Waals surface area (Å²) in [6.07, 6.45) is 1.47. The fraction of sp³-hybridized carbons (Fsp3) is 0.412. The minimum absolute atomic E-state index is 0.391. The van der Waals surface area contributed by atoms with E-state index in [1.807, 2.05) is 6.92 Å². The second-order valence-electron chi connectivity index (χ2n) is 5.74. The Bertz CT molecular complexity index is 696. The van der Waals surface area contributed by atoms with Crippen LogP contribution in [0.25, 0.3) is 10.6 Å². The van der Waals surface area contributed by atoms with Crippen LogP contribution < -0.4 is 0 Å². The van der Waals surface area contributed by atoms with Gasteiger partial charge in [0.05, 0.1) is 5.69 Å². The van der Waals surface area contributed by atoms with Crippen LogP contribution in [0.1, 0.15) is 29.5 Å². The van der Waals surface area contributed by atoms with E-state index < -0.39 is 12.0 Å². The lowest BCUT2D eigenvalue weighted by atomic mass is 10.1. The Morgan fingerprint density at radius 1 is 1.50 bits per heavy atom. The molecule has 0 saturated carbocycles. The van der Waals surface area contributed by atoms with Gasteiger partial charge in [-0.15, -0.1) is 11.3 Å². The standard InChI is InChI=1S/C17H20N2O2S/c1-3-14(17(20)21)19-8-7-13-15(10-19)22-16(18-13)12-6-4-5-11(2)9-12/h4-6,9,14H,3,7-8,10H2,1-2H3,(H,20,21). The largest absolute Gasteiger partial charge is 0.480 e. The predicted molar refractivity (Wildman–Crippen MR) is 88.1 cm³/mol. The maximum absolute atomic E-state index is 11.4. The summed E-state index contributed by atoms with van der Waals surface area (Å²) < 4.78 is 0. The van der Waals surface area contributed by atoms with E-state index in [0.29, 0.717) is 13.0 Å². The van der Waals surface area contributed by atoms with Crippen LogP contribution >= 0.6 is 11.3 Å². The molecule has 0 bridgehead atoms. The summed E-state index contributed by atoms with van der Waals surface area (Å²) in [6.45, 7) is 5.48. The Hall–Kier alpha value is -1.72. The number of hydrogen-bond donors (Lipinski definition) is 1. The van der Waals surface area contributed by atoms with Gasteiger partial charge in [0, 0.05) is 30.0 Å². The first-order chi connectivity index (χ1) is 10.6. The third-order valence-electron chi connectivity index (χ3n) is 4.14. The number of nitrogens with zero attached hydrogens (tertiary/aromatic N) is 2. The van der Waals surface area contributed by atoms with E-state index in [1.54, 1.807) is 11.3 Å². The predicted octanol–water partition coefficient (Wildman–Crippen LogP) is 3.34. The zero-order valence-corrected chi connectivity index (χ0v) is 13.7. The number of aromatic nitrogens is 1. The highest BCUT2D eigenvalue weighted by molar-refractivity contribution is 7.15.